The van der Waals surface area contributed by atoms with Crippen LogP contribution in [0.1, 0.15) is 28.5 Å². The molecule has 2 aliphatic rings. The highest BCUT2D eigenvalue weighted by molar-refractivity contribution is 7.78. The average molecular weight is 712 g/mol. The summed E-state index contributed by atoms with van der Waals surface area (Å²) in [6, 6.07) is 33.0. The molecule has 2 fully saturated rings. The summed E-state index contributed by atoms with van der Waals surface area (Å²) in [4.78, 5) is 41.4. The van der Waals surface area contributed by atoms with Gasteiger partial charge in [0.1, 0.15) is 0 Å². The number of aromatic nitrogens is 4. The van der Waals surface area contributed by atoms with Crippen molar-refractivity contribution in [2.24, 2.45) is 0 Å². The smallest absolute Gasteiger partial charge is 0.330 e. The van der Waals surface area contributed by atoms with Gasteiger partial charge in [0.05, 0.1) is 18.2 Å². The van der Waals surface area contributed by atoms with E-state index in [0.29, 0.717) is 37.7 Å². The third-order valence-corrected chi connectivity index (χ3v) is 11.5. The van der Waals surface area contributed by atoms with Crippen LogP contribution < -0.4 is 16.1 Å². The molecule has 2 saturated heterocycles. The fraction of sp³-hybridized carbons (Fsp3) is 0.297. The van der Waals surface area contributed by atoms with Crippen molar-refractivity contribution in [3.63, 3.8) is 0 Å². The SMILES string of the molecule is Cc1cn(C2CN(C(c3ccccc3)(c3ccccc3)c3ccccc3)CC(COP(Cl)N3CCN(c4ncccn4)CC3)O2)c(=O)[nH]c1=O. The molecule has 2 aromatic heterocycles. The van der Waals surface area contributed by atoms with Crippen molar-refractivity contribution in [2.75, 3.05) is 50.8 Å². The lowest BCUT2D eigenvalue weighted by atomic mass is 9.75. The Morgan fingerprint density at radius 3 is 1.96 bits per heavy atom. The van der Waals surface area contributed by atoms with Crippen LogP contribution in [0.5, 0.6) is 0 Å². The molecule has 0 radical (unpaired) electrons. The maximum atomic E-state index is 13.3. The summed E-state index contributed by atoms with van der Waals surface area (Å²) in [7, 11) is -1.45. The van der Waals surface area contributed by atoms with Gasteiger partial charge in [-0.05, 0) is 40.9 Å². The largest absolute Gasteiger partial charge is 0.350 e. The number of H-pyrrole nitrogens is 1. The molecule has 0 aliphatic carbocycles. The Kier molecular flexibility index (Phi) is 10.5. The van der Waals surface area contributed by atoms with Crippen LogP contribution in [-0.4, -0.2) is 81.1 Å². The highest BCUT2D eigenvalue weighted by Crippen LogP contribution is 2.48. The first kappa shape index (κ1) is 34.2. The summed E-state index contributed by atoms with van der Waals surface area (Å²) in [5.74, 6) is 0.708. The van der Waals surface area contributed by atoms with Gasteiger partial charge >= 0.3 is 5.69 Å². The summed E-state index contributed by atoms with van der Waals surface area (Å²) in [5.41, 5.74) is 1.93. The van der Waals surface area contributed by atoms with Gasteiger partial charge < -0.3 is 14.2 Å². The quantitative estimate of drug-likeness (QED) is 0.156. The number of aromatic amines is 1. The average Bonchev–Trinajstić information content (AvgIpc) is 3.17. The third-order valence-electron chi connectivity index (χ3n) is 9.34. The summed E-state index contributed by atoms with van der Waals surface area (Å²) in [5, 5.41) is 0. The zero-order chi connectivity index (χ0) is 34.5. The molecule has 0 bridgehead atoms. The van der Waals surface area contributed by atoms with Gasteiger partial charge in [0, 0.05) is 63.4 Å². The van der Waals surface area contributed by atoms with Crippen molar-refractivity contribution < 1.29 is 9.26 Å². The van der Waals surface area contributed by atoms with Crippen molar-refractivity contribution in [3.8, 4) is 0 Å². The zero-order valence-electron chi connectivity index (χ0n) is 27.7. The molecule has 3 unspecified atom stereocenters. The molecule has 1 N–H and O–H groups in total. The molecule has 4 heterocycles. The second-order valence-corrected chi connectivity index (χ2v) is 14.6. The second-order valence-electron chi connectivity index (χ2n) is 12.4. The zero-order valence-corrected chi connectivity index (χ0v) is 29.4. The first-order chi connectivity index (χ1) is 24.4. The molecule has 0 spiro atoms. The monoisotopic (exact) mass is 711 g/mol. The molecule has 13 heteroatoms. The lowest BCUT2D eigenvalue weighted by molar-refractivity contribution is -0.147. The van der Waals surface area contributed by atoms with Crippen molar-refractivity contribution in [2.45, 2.75) is 24.8 Å². The number of hydrogen-bond donors (Lipinski definition) is 1. The molecule has 7 rings (SSSR count). The Morgan fingerprint density at radius 1 is 0.840 bits per heavy atom. The third kappa shape index (κ3) is 7.03. The minimum Gasteiger partial charge on any atom is -0.350 e. The number of piperazine rings is 1. The van der Waals surface area contributed by atoms with Gasteiger partial charge in [0.2, 0.25) is 13.6 Å². The number of rotatable bonds is 10. The first-order valence-corrected chi connectivity index (χ1v) is 18.8. The normalized spacial score (nSPS) is 19.7. The molecule has 5 aromatic rings. The minimum atomic E-state index is -1.45. The number of morpholine rings is 1. The van der Waals surface area contributed by atoms with E-state index in [4.69, 9.17) is 20.5 Å². The summed E-state index contributed by atoms with van der Waals surface area (Å²) in [6.07, 6.45) is 3.88. The van der Waals surface area contributed by atoms with Gasteiger partial charge in [-0.25, -0.2) is 19.4 Å². The Labute approximate surface area is 296 Å². The predicted molar refractivity (Wildman–Crippen MR) is 195 cm³/mol. The molecular weight excluding hydrogens is 673 g/mol. The van der Waals surface area contributed by atoms with Gasteiger partial charge in [0.15, 0.2) is 6.23 Å². The fourth-order valence-corrected chi connectivity index (χ4v) is 8.52. The van der Waals surface area contributed by atoms with E-state index in [1.165, 1.54) is 4.57 Å². The van der Waals surface area contributed by atoms with Gasteiger partial charge in [-0.2, -0.15) is 0 Å². The number of nitrogens with zero attached hydrogens (tertiary/aromatic N) is 6. The van der Waals surface area contributed by atoms with Crippen LogP contribution in [0.15, 0.2) is 125 Å². The van der Waals surface area contributed by atoms with Crippen molar-refractivity contribution >= 4 is 24.8 Å². The first-order valence-electron chi connectivity index (χ1n) is 16.7. The summed E-state index contributed by atoms with van der Waals surface area (Å²) in [6.45, 7) is 5.59. The molecule has 11 nitrogen and oxygen atoms in total. The van der Waals surface area contributed by atoms with Crippen LogP contribution in [0.25, 0.3) is 0 Å². The van der Waals surface area contributed by atoms with Crippen molar-refractivity contribution in [1.82, 2.24) is 29.1 Å². The van der Waals surface area contributed by atoms with E-state index >= 15 is 0 Å². The topological polar surface area (TPSA) is 109 Å². The van der Waals surface area contributed by atoms with Crippen LogP contribution in [0, 0.1) is 6.92 Å². The fourth-order valence-electron chi connectivity index (χ4n) is 6.96. The molecule has 0 saturated carbocycles. The lowest BCUT2D eigenvalue weighted by Gasteiger charge is -2.50. The van der Waals surface area contributed by atoms with Gasteiger partial charge in [-0.1, -0.05) is 91.0 Å². The predicted octanol–water partition coefficient (Wildman–Crippen LogP) is 5.13. The number of hydrogen-bond acceptors (Lipinski definition) is 9. The number of aryl methyl sites for hydroxylation is 1. The number of ether oxygens (including phenoxy) is 1. The number of halogens is 1. The summed E-state index contributed by atoms with van der Waals surface area (Å²) >= 11 is 6.96. The Bertz CT molecular complexity index is 1870. The number of nitrogens with one attached hydrogen (secondary N) is 1. The Morgan fingerprint density at radius 2 is 1.40 bits per heavy atom. The van der Waals surface area contributed by atoms with Gasteiger partial charge in [0.25, 0.3) is 5.56 Å². The van der Waals surface area contributed by atoms with E-state index in [2.05, 4.69) is 102 Å². The molecule has 3 aromatic carbocycles. The van der Waals surface area contributed by atoms with Gasteiger partial charge in [-0.3, -0.25) is 19.2 Å². The van der Waals surface area contributed by atoms with Gasteiger partial charge in [-0.15, -0.1) is 0 Å². The van der Waals surface area contributed by atoms with E-state index in [9.17, 15) is 9.59 Å². The van der Waals surface area contributed by atoms with Crippen LogP contribution in [0.2, 0.25) is 0 Å². The maximum absolute atomic E-state index is 13.3. The van der Waals surface area contributed by atoms with E-state index in [0.717, 1.165) is 29.8 Å². The van der Waals surface area contributed by atoms with E-state index < -0.39 is 36.8 Å². The minimum absolute atomic E-state index is 0.204. The molecule has 2 aliphatic heterocycles. The molecule has 258 valence electrons. The Balaban J connectivity index is 1.22. The molecule has 0 amide bonds. The van der Waals surface area contributed by atoms with E-state index in [-0.39, 0.29) is 6.61 Å². The van der Waals surface area contributed by atoms with Crippen LogP contribution in [0.4, 0.5) is 5.95 Å². The van der Waals surface area contributed by atoms with Crippen LogP contribution >= 0.6 is 18.9 Å². The van der Waals surface area contributed by atoms with Crippen LogP contribution in [0.3, 0.4) is 0 Å². The molecular formula is C37H39ClN7O4P. The van der Waals surface area contributed by atoms with Crippen molar-refractivity contribution in [1.29, 1.82) is 0 Å². The second kappa shape index (κ2) is 15.3. The van der Waals surface area contributed by atoms with Crippen LogP contribution in [-0.2, 0) is 14.8 Å². The van der Waals surface area contributed by atoms with E-state index in [1.807, 2.05) is 24.3 Å². The molecule has 3 atom stereocenters. The highest BCUT2D eigenvalue weighted by atomic mass is 35.7. The summed E-state index contributed by atoms with van der Waals surface area (Å²) < 4.78 is 16.7. The Hall–Kier alpha value is -4.22. The van der Waals surface area contributed by atoms with E-state index in [1.54, 1.807) is 25.5 Å². The standard InChI is InChI=1S/C37H39ClN7O4P/c1-28-24-45(36(47)41-34(28)46)33-26-43(25-32(49-33)27-48-50(38)44-22-20-42(21-23-44)35-39-18-11-19-40-35)37(29-12-5-2-6-13-29,30-14-7-3-8-15-30)31-16-9-4-10-17-31/h2-19,24,32-33H,20-23,25-27H2,1H3,(H,41,46,47). The maximum Gasteiger partial charge on any atom is 0.330 e. The number of benzene rings is 3. The number of anilines is 1. The lowest BCUT2D eigenvalue weighted by Crippen LogP contribution is -2.58. The van der Waals surface area contributed by atoms with Crippen molar-refractivity contribution in [3.05, 3.63) is 159 Å². The molecule has 50 heavy (non-hydrogen) atoms. The highest BCUT2D eigenvalue weighted by Gasteiger charge is 2.46.